The SMILES string of the molecule is Cc1ccc(-n2nc(C(C)(C)C)cc2CC(=O)C(C)(C)CCc2cc(F)ccc2Oc2ccc3c(cnn3CCO)c2)cc1. The quantitative estimate of drug-likeness (QED) is 0.171. The molecule has 3 aromatic carbocycles. The van der Waals surface area contributed by atoms with E-state index in [4.69, 9.17) is 9.84 Å². The van der Waals surface area contributed by atoms with Crippen molar-refractivity contribution in [1.29, 1.82) is 0 Å². The molecule has 0 bridgehead atoms. The average molecular weight is 597 g/mol. The van der Waals surface area contributed by atoms with Gasteiger partial charge in [-0.3, -0.25) is 9.48 Å². The van der Waals surface area contributed by atoms with E-state index in [1.54, 1.807) is 16.9 Å². The monoisotopic (exact) mass is 596 g/mol. The van der Waals surface area contributed by atoms with Crippen LogP contribution in [0.2, 0.25) is 0 Å². The van der Waals surface area contributed by atoms with Crippen molar-refractivity contribution in [3.63, 3.8) is 0 Å². The van der Waals surface area contributed by atoms with Gasteiger partial charge in [0.15, 0.2) is 0 Å². The molecule has 0 spiro atoms. The first-order valence-electron chi connectivity index (χ1n) is 15.1. The van der Waals surface area contributed by atoms with E-state index in [0.29, 0.717) is 36.4 Å². The van der Waals surface area contributed by atoms with Crippen molar-refractivity contribution in [1.82, 2.24) is 19.6 Å². The second-order valence-corrected chi connectivity index (χ2v) is 13.2. The fraction of sp³-hybridized carbons (Fsp3) is 0.361. The largest absolute Gasteiger partial charge is 0.457 e. The average Bonchev–Trinajstić information content (AvgIpc) is 3.58. The molecule has 7 nitrogen and oxygen atoms in total. The Morgan fingerprint density at radius 1 is 0.977 bits per heavy atom. The first-order valence-corrected chi connectivity index (χ1v) is 15.1. The summed E-state index contributed by atoms with van der Waals surface area (Å²) in [6, 6.07) is 20.3. The summed E-state index contributed by atoms with van der Waals surface area (Å²) >= 11 is 0. The number of aromatic nitrogens is 4. The van der Waals surface area contributed by atoms with Gasteiger partial charge < -0.3 is 9.84 Å². The fourth-order valence-electron chi connectivity index (χ4n) is 5.18. The number of aryl methyl sites for hydroxylation is 2. The summed E-state index contributed by atoms with van der Waals surface area (Å²) in [7, 11) is 0. The van der Waals surface area contributed by atoms with Crippen LogP contribution in [-0.4, -0.2) is 37.1 Å². The molecule has 8 heteroatoms. The Hall–Kier alpha value is -4.30. The van der Waals surface area contributed by atoms with E-state index >= 15 is 0 Å². The summed E-state index contributed by atoms with van der Waals surface area (Å²) < 4.78 is 24.2. The number of hydrogen-bond acceptors (Lipinski definition) is 5. The van der Waals surface area contributed by atoms with Gasteiger partial charge in [-0.1, -0.05) is 52.3 Å². The van der Waals surface area contributed by atoms with Crippen LogP contribution in [0.15, 0.2) is 72.9 Å². The van der Waals surface area contributed by atoms with Crippen molar-refractivity contribution in [3.8, 4) is 17.2 Å². The maximum Gasteiger partial charge on any atom is 0.144 e. The van der Waals surface area contributed by atoms with Crippen molar-refractivity contribution in [2.24, 2.45) is 5.41 Å². The smallest absolute Gasteiger partial charge is 0.144 e. The number of nitrogens with zero attached hydrogens (tertiary/aromatic N) is 4. The highest BCUT2D eigenvalue weighted by atomic mass is 19.1. The van der Waals surface area contributed by atoms with Gasteiger partial charge in [-0.05, 0) is 79.9 Å². The fourth-order valence-corrected chi connectivity index (χ4v) is 5.18. The molecular formula is C36H41FN4O3. The lowest BCUT2D eigenvalue weighted by molar-refractivity contribution is -0.126. The normalized spacial score (nSPS) is 12.2. The molecule has 0 fully saturated rings. The molecule has 0 aliphatic heterocycles. The van der Waals surface area contributed by atoms with Gasteiger partial charge in [-0.2, -0.15) is 10.2 Å². The molecule has 5 rings (SSSR count). The lowest BCUT2D eigenvalue weighted by Gasteiger charge is -2.24. The molecule has 230 valence electrons. The lowest BCUT2D eigenvalue weighted by Crippen LogP contribution is -2.27. The van der Waals surface area contributed by atoms with Crippen molar-refractivity contribution in [3.05, 3.63) is 101 Å². The Bertz CT molecular complexity index is 1780. The minimum Gasteiger partial charge on any atom is -0.457 e. The predicted octanol–water partition coefficient (Wildman–Crippen LogP) is 7.52. The Morgan fingerprint density at radius 2 is 1.73 bits per heavy atom. The number of aliphatic hydroxyl groups is 1. The molecule has 0 atom stereocenters. The van der Waals surface area contributed by atoms with Crippen LogP contribution in [0, 0.1) is 18.2 Å². The van der Waals surface area contributed by atoms with Gasteiger partial charge in [0, 0.05) is 22.6 Å². The van der Waals surface area contributed by atoms with Crippen molar-refractivity contribution < 1.29 is 19.0 Å². The molecule has 0 saturated heterocycles. The van der Waals surface area contributed by atoms with E-state index in [2.05, 4.69) is 25.9 Å². The Balaban J connectivity index is 1.33. The number of halogens is 1. The van der Waals surface area contributed by atoms with Crippen LogP contribution in [-0.2, 0) is 29.6 Å². The summed E-state index contributed by atoms with van der Waals surface area (Å²) in [5.41, 5.74) is 4.61. The van der Waals surface area contributed by atoms with Crippen LogP contribution in [0.4, 0.5) is 4.39 Å². The number of rotatable bonds is 11. The van der Waals surface area contributed by atoms with Gasteiger partial charge in [0.1, 0.15) is 23.1 Å². The predicted molar refractivity (Wildman–Crippen MR) is 171 cm³/mol. The first-order chi connectivity index (χ1) is 20.8. The van der Waals surface area contributed by atoms with Crippen LogP contribution in [0.3, 0.4) is 0 Å². The Morgan fingerprint density at radius 3 is 2.43 bits per heavy atom. The van der Waals surface area contributed by atoms with Crippen molar-refractivity contribution in [2.75, 3.05) is 6.61 Å². The lowest BCUT2D eigenvalue weighted by atomic mass is 9.80. The number of aliphatic hydroxyl groups excluding tert-OH is 1. The zero-order valence-electron chi connectivity index (χ0n) is 26.4. The van der Waals surface area contributed by atoms with Crippen molar-refractivity contribution in [2.45, 2.75) is 72.8 Å². The molecule has 0 radical (unpaired) electrons. The van der Waals surface area contributed by atoms with E-state index in [0.717, 1.165) is 33.5 Å². The molecule has 1 N–H and O–H groups in total. The van der Waals surface area contributed by atoms with Crippen LogP contribution >= 0.6 is 0 Å². The highest BCUT2D eigenvalue weighted by Gasteiger charge is 2.30. The van der Waals surface area contributed by atoms with Gasteiger partial charge in [-0.15, -0.1) is 0 Å². The van der Waals surface area contributed by atoms with Gasteiger partial charge in [-0.25, -0.2) is 9.07 Å². The van der Waals surface area contributed by atoms with Gasteiger partial charge in [0.05, 0.1) is 41.9 Å². The third-order valence-electron chi connectivity index (χ3n) is 8.12. The molecule has 2 heterocycles. The zero-order valence-corrected chi connectivity index (χ0v) is 26.4. The number of carbonyl (C=O) groups excluding carboxylic acids is 1. The van der Waals surface area contributed by atoms with Crippen molar-refractivity contribution >= 4 is 16.7 Å². The minimum atomic E-state index is -0.673. The van der Waals surface area contributed by atoms with Gasteiger partial charge in [0.2, 0.25) is 0 Å². The summed E-state index contributed by atoms with van der Waals surface area (Å²) in [5.74, 6) is 0.886. The maximum atomic E-state index is 14.4. The van der Waals surface area contributed by atoms with E-state index in [1.165, 1.54) is 12.1 Å². The number of carbonyl (C=O) groups is 1. The van der Waals surface area contributed by atoms with E-state index in [-0.39, 0.29) is 30.0 Å². The molecule has 44 heavy (non-hydrogen) atoms. The van der Waals surface area contributed by atoms with E-state index in [1.807, 2.05) is 74.0 Å². The van der Waals surface area contributed by atoms with Crippen LogP contribution in [0.5, 0.6) is 11.5 Å². The first kappa shape index (κ1) is 31.1. The van der Waals surface area contributed by atoms with Crippen LogP contribution in [0.1, 0.15) is 63.6 Å². The molecular weight excluding hydrogens is 555 g/mol. The summed E-state index contributed by atoms with van der Waals surface area (Å²) in [6.45, 7) is 12.7. The maximum absolute atomic E-state index is 14.4. The third-order valence-corrected chi connectivity index (χ3v) is 8.12. The molecule has 2 aromatic heterocycles. The van der Waals surface area contributed by atoms with Gasteiger partial charge in [0.25, 0.3) is 0 Å². The minimum absolute atomic E-state index is 0.00115. The number of fused-ring (bicyclic) bond motifs is 1. The Kier molecular flexibility index (Phi) is 8.75. The molecule has 0 aliphatic rings. The molecule has 5 aromatic rings. The number of hydrogen-bond donors (Lipinski definition) is 1. The Labute approximate surface area is 258 Å². The molecule has 0 amide bonds. The third kappa shape index (κ3) is 6.91. The molecule has 0 saturated carbocycles. The standard InChI is InChI=1S/C36H41FN4O3/c1-24-7-10-28(11-8-24)41-29(21-33(39-41)35(2,3)4)22-34(43)36(5,6)16-15-25-19-27(37)9-14-32(25)44-30-12-13-31-26(20-30)23-38-40(31)17-18-42/h7-14,19-21,23,42H,15-18,22H2,1-6H3. The van der Waals surface area contributed by atoms with Gasteiger partial charge >= 0.3 is 0 Å². The number of Topliss-reactive ketones (excluding diaryl/α,β-unsaturated/α-hetero) is 1. The second-order valence-electron chi connectivity index (χ2n) is 13.2. The summed E-state index contributed by atoms with van der Waals surface area (Å²) in [4.78, 5) is 13.8. The number of benzene rings is 3. The highest BCUT2D eigenvalue weighted by molar-refractivity contribution is 5.86. The number of ketones is 1. The topological polar surface area (TPSA) is 82.2 Å². The van der Waals surface area contributed by atoms with E-state index < -0.39 is 5.41 Å². The molecule has 0 aliphatic carbocycles. The van der Waals surface area contributed by atoms with Crippen LogP contribution in [0.25, 0.3) is 16.6 Å². The van der Waals surface area contributed by atoms with Crippen LogP contribution < -0.4 is 4.74 Å². The second kappa shape index (κ2) is 12.4. The summed E-state index contributed by atoms with van der Waals surface area (Å²) in [6.07, 6.45) is 2.95. The summed E-state index contributed by atoms with van der Waals surface area (Å²) in [5, 5.41) is 19.4. The van der Waals surface area contributed by atoms with E-state index in [9.17, 15) is 14.3 Å². The molecule has 0 unspecified atom stereocenters. The number of ether oxygens (including phenoxy) is 1. The zero-order chi connectivity index (χ0) is 31.6. The highest BCUT2D eigenvalue weighted by Crippen LogP contribution is 2.33.